The molecule has 124 valence electrons. The maximum absolute atomic E-state index is 4.65. The fraction of sp³-hybridized carbons (Fsp3) is 0.444. The standard InChI is InChI=1S/C18H26N4S/c1-5-19-18(21-12-16-8-6-13(2)7-9-16)20-11-10-17-14(3)22-15(4)23-17/h6-9H,5,10-12H2,1-4H3,(H2,19,20,21). The van der Waals surface area contributed by atoms with Crippen LogP contribution in [0.5, 0.6) is 0 Å². The third-order valence-electron chi connectivity index (χ3n) is 3.53. The van der Waals surface area contributed by atoms with Crippen LogP contribution in [0.2, 0.25) is 0 Å². The van der Waals surface area contributed by atoms with Crippen molar-refractivity contribution < 1.29 is 0 Å². The Bertz CT molecular complexity index is 644. The van der Waals surface area contributed by atoms with E-state index in [1.54, 1.807) is 11.3 Å². The van der Waals surface area contributed by atoms with Crippen molar-refractivity contribution in [1.82, 2.24) is 15.6 Å². The van der Waals surface area contributed by atoms with Crippen LogP contribution >= 0.6 is 11.3 Å². The van der Waals surface area contributed by atoms with E-state index in [9.17, 15) is 0 Å². The van der Waals surface area contributed by atoms with Crippen LogP contribution in [0, 0.1) is 20.8 Å². The largest absolute Gasteiger partial charge is 0.357 e. The first-order chi connectivity index (χ1) is 11.1. The minimum Gasteiger partial charge on any atom is -0.357 e. The first-order valence-electron chi connectivity index (χ1n) is 8.09. The van der Waals surface area contributed by atoms with Crippen molar-refractivity contribution in [3.05, 3.63) is 51.0 Å². The number of aliphatic imine (C=N–C) groups is 1. The van der Waals surface area contributed by atoms with Crippen molar-refractivity contribution in [3.63, 3.8) is 0 Å². The summed E-state index contributed by atoms with van der Waals surface area (Å²) in [5, 5.41) is 7.84. The van der Waals surface area contributed by atoms with E-state index < -0.39 is 0 Å². The lowest BCUT2D eigenvalue weighted by Crippen LogP contribution is -2.38. The predicted molar refractivity (Wildman–Crippen MR) is 99.3 cm³/mol. The average Bonchev–Trinajstić information content (AvgIpc) is 2.84. The highest BCUT2D eigenvalue weighted by Gasteiger charge is 2.05. The van der Waals surface area contributed by atoms with Crippen LogP contribution in [-0.4, -0.2) is 24.0 Å². The summed E-state index contributed by atoms with van der Waals surface area (Å²) in [6, 6.07) is 8.51. The van der Waals surface area contributed by atoms with Gasteiger partial charge in [-0.05, 0) is 33.3 Å². The molecule has 0 atom stereocenters. The summed E-state index contributed by atoms with van der Waals surface area (Å²) in [7, 11) is 0. The Hall–Kier alpha value is -1.88. The highest BCUT2D eigenvalue weighted by molar-refractivity contribution is 7.11. The van der Waals surface area contributed by atoms with E-state index >= 15 is 0 Å². The summed E-state index contributed by atoms with van der Waals surface area (Å²) in [6.07, 6.45) is 0.978. The quantitative estimate of drug-likeness (QED) is 0.631. The number of thiazole rings is 1. The number of hydrogen-bond donors (Lipinski definition) is 2. The van der Waals surface area contributed by atoms with Gasteiger partial charge in [0.05, 0.1) is 17.2 Å². The van der Waals surface area contributed by atoms with Gasteiger partial charge in [0, 0.05) is 24.4 Å². The molecule has 0 fully saturated rings. The van der Waals surface area contributed by atoms with E-state index in [0.717, 1.165) is 36.2 Å². The number of aryl methyl sites for hydroxylation is 3. The minimum atomic E-state index is 0.689. The molecule has 0 aliphatic carbocycles. The van der Waals surface area contributed by atoms with E-state index in [1.165, 1.54) is 16.0 Å². The molecule has 0 aliphatic rings. The monoisotopic (exact) mass is 330 g/mol. The first-order valence-corrected chi connectivity index (χ1v) is 8.90. The van der Waals surface area contributed by atoms with Gasteiger partial charge in [0.15, 0.2) is 5.96 Å². The van der Waals surface area contributed by atoms with Crippen molar-refractivity contribution in [2.24, 2.45) is 4.99 Å². The summed E-state index contributed by atoms with van der Waals surface area (Å²) < 4.78 is 0. The molecule has 2 N–H and O–H groups in total. The van der Waals surface area contributed by atoms with E-state index in [-0.39, 0.29) is 0 Å². The van der Waals surface area contributed by atoms with Gasteiger partial charge in [0.1, 0.15) is 0 Å². The maximum Gasteiger partial charge on any atom is 0.191 e. The summed E-state index contributed by atoms with van der Waals surface area (Å²) in [5.74, 6) is 0.868. The Morgan fingerprint density at radius 3 is 2.48 bits per heavy atom. The number of aromatic nitrogens is 1. The third-order valence-corrected chi connectivity index (χ3v) is 4.66. The number of benzene rings is 1. The van der Waals surface area contributed by atoms with Gasteiger partial charge < -0.3 is 10.6 Å². The molecule has 1 aromatic carbocycles. The molecule has 4 nitrogen and oxygen atoms in total. The molecule has 0 saturated heterocycles. The van der Waals surface area contributed by atoms with Gasteiger partial charge in [-0.15, -0.1) is 11.3 Å². The zero-order valence-corrected chi connectivity index (χ0v) is 15.3. The molecule has 0 saturated carbocycles. The molecule has 0 spiro atoms. The molecule has 5 heteroatoms. The van der Waals surface area contributed by atoms with E-state index in [1.807, 2.05) is 0 Å². The number of nitrogens with zero attached hydrogens (tertiary/aromatic N) is 2. The lowest BCUT2D eigenvalue weighted by atomic mass is 10.1. The van der Waals surface area contributed by atoms with Crippen LogP contribution in [0.4, 0.5) is 0 Å². The van der Waals surface area contributed by atoms with Gasteiger partial charge in [0.25, 0.3) is 0 Å². The van der Waals surface area contributed by atoms with Gasteiger partial charge in [-0.25, -0.2) is 9.98 Å². The molecule has 0 unspecified atom stereocenters. The normalized spacial score (nSPS) is 11.6. The molecule has 23 heavy (non-hydrogen) atoms. The van der Waals surface area contributed by atoms with Crippen LogP contribution in [-0.2, 0) is 13.0 Å². The van der Waals surface area contributed by atoms with E-state index in [4.69, 9.17) is 0 Å². The molecular formula is C18H26N4S. The van der Waals surface area contributed by atoms with Crippen molar-refractivity contribution in [2.75, 3.05) is 13.1 Å². The number of nitrogens with one attached hydrogen (secondary N) is 2. The van der Waals surface area contributed by atoms with Crippen molar-refractivity contribution >= 4 is 17.3 Å². The van der Waals surface area contributed by atoms with Crippen molar-refractivity contribution in [2.45, 2.75) is 40.7 Å². The highest BCUT2D eigenvalue weighted by atomic mass is 32.1. The van der Waals surface area contributed by atoms with Crippen molar-refractivity contribution in [3.8, 4) is 0 Å². The lowest BCUT2D eigenvalue weighted by molar-refractivity contribution is 0.801. The fourth-order valence-electron chi connectivity index (χ4n) is 2.31. The van der Waals surface area contributed by atoms with Gasteiger partial charge >= 0.3 is 0 Å². The van der Waals surface area contributed by atoms with Crippen LogP contribution in [0.15, 0.2) is 29.3 Å². The van der Waals surface area contributed by atoms with Crippen LogP contribution < -0.4 is 10.6 Å². The predicted octanol–water partition coefficient (Wildman–Crippen LogP) is 3.37. The molecule has 0 aliphatic heterocycles. The fourth-order valence-corrected chi connectivity index (χ4v) is 3.24. The molecule has 0 amide bonds. The SMILES string of the molecule is CCNC(=NCc1ccc(C)cc1)NCCc1sc(C)nc1C. The number of rotatable bonds is 6. The summed E-state index contributed by atoms with van der Waals surface area (Å²) >= 11 is 1.78. The van der Waals surface area contributed by atoms with Crippen LogP contribution in [0.25, 0.3) is 0 Å². The third kappa shape index (κ3) is 5.67. The molecule has 2 rings (SSSR count). The molecule has 2 aromatic rings. The zero-order chi connectivity index (χ0) is 16.7. The van der Waals surface area contributed by atoms with Gasteiger partial charge in [-0.1, -0.05) is 29.8 Å². The first kappa shape index (κ1) is 17.5. The summed E-state index contributed by atoms with van der Waals surface area (Å²) in [5.41, 5.74) is 3.65. The summed E-state index contributed by atoms with van der Waals surface area (Å²) in [4.78, 5) is 10.5. The molecule has 0 bridgehead atoms. The topological polar surface area (TPSA) is 49.3 Å². The second-order valence-electron chi connectivity index (χ2n) is 5.60. The lowest BCUT2D eigenvalue weighted by Gasteiger charge is -2.11. The van der Waals surface area contributed by atoms with E-state index in [2.05, 4.69) is 72.6 Å². The highest BCUT2D eigenvalue weighted by Crippen LogP contribution is 2.17. The van der Waals surface area contributed by atoms with Crippen LogP contribution in [0.3, 0.4) is 0 Å². The smallest absolute Gasteiger partial charge is 0.191 e. The number of hydrogen-bond acceptors (Lipinski definition) is 3. The Morgan fingerprint density at radius 2 is 1.87 bits per heavy atom. The second-order valence-corrected chi connectivity index (χ2v) is 6.89. The van der Waals surface area contributed by atoms with Gasteiger partial charge in [-0.2, -0.15) is 0 Å². The van der Waals surface area contributed by atoms with Gasteiger partial charge in [0.2, 0.25) is 0 Å². The minimum absolute atomic E-state index is 0.689. The Kier molecular flexibility index (Phi) is 6.59. The van der Waals surface area contributed by atoms with Gasteiger partial charge in [-0.3, -0.25) is 0 Å². The zero-order valence-electron chi connectivity index (χ0n) is 14.4. The Balaban J connectivity index is 1.88. The molecule has 0 radical (unpaired) electrons. The molecular weight excluding hydrogens is 304 g/mol. The Morgan fingerprint density at radius 1 is 1.13 bits per heavy atom. The maximum atomic E-state index is 4.65. The second kappa shape index (κ2) is 8.67. The molecule has 1 heterocycles. The Labute approximate surface area is 143 Å². The average molecular weight is 331 g/mol. The van der Waals surface area contributed by atoms with Crippen molar-refractivity contribution in [1.29, 1.82) is 0 Å². The molecule has 1 aromatic heterocycles. The van der Waals surface area contributed by atoms with E-state index in [0.29, 0.717) is 6.54 Å². The summed E-state index contributed by atoms with van der Waals surface area (Å²) in [6.45, 7) is 10.7. The van der Waals surface area contributed by atoms with Crippen LogP contribution in [0.1, 0.15) is 33.6 Å². The number of guanidine groups is 1.